The summed E-state index contributed by atoms with van der Waals surface area (Å²) in [4.78, 5) is 23.8. The van der Waals surface area contributed by atoms with Gasteiger partial charge in [-0.2, -0.15) is 0 Å². The van der Waals surface area contributed by atoms with E-state index in [0.29, 0.717) is 42.8 Å². The highest BCUT2D eigenvalue weighted by Crippen LogP contribution is 2.24. The van der Waals surface area contributed by atoms with Crippen LogP contribution in [0.3, 0.4) is 0 Å². The van der Waals surface area contributed by atoms with Gasteiger partial charge in [0.25, 0.3) is 5.91 Å². The van der Waals surface area contributed by atoms with E-state index in [4.69, 9.17) is 4.74 Å². The van der Waals surface area contributed by atoms with Crippen LogP contribution in [-0.2, 0) is 17.9 Å². The Hall–Kier alpha value is -2.94. The number of hydrogen-bond donors (Lipinski definition) is 2. The monoisotopic (exact) mass is 477 g/mol. The molecular weight excluding hydrogens is 446 g/mol. The van der Waals surface area contributed by atoms with Crippen LogP contribution in [0.4, 0.5) is 5.82 Å². The van der Waals surface area contributed by atoms with Crippen molar-refractivity contribution in [2.45, 2.75) is 30.8 Å². The number of amides is 1. The molecular formula is C26H31N5O2S. The van der Waals surface area contributed by atoms with Gasteiger partial charge in [-0.1, -0.05) is 66.4 Å². The van der Waals surface area contributed by atoms with Crippen LogP contribution in [-0.4, -0.2) is 53.7 Å². The number of rotatable bonds is 10. The third-order valence-electron chi connectivity index (χ3n) is 5.78. The minimum Gasteiger partial charge on any atom is -0.369 e. The van der Waals surface area contributed by atoms with Gasteiger partial charge in [0, 0.05) is 25.8 Å². The summed E-state index contributed by atoms with van der Waals surface area (Å²) in [7, 11) is 1.96. The second-order valence-corrected chi connectivity index (χ2v) is 8.97. The number of anilines is 1. The lowest BCUT2D eigenvalue weighted by molar-refractivity contribution is 0.0343. The number of nitrogens with one attached hydrogen (secondary N) is 2. The molecule has 178 valence electrons. The minimum absolute atomic E-state index is 0.0261. The summed E-state index contributed by atoms with van der Waals surface area (Å²) in [6.07, 6.45) is 4.47. The Morgan fingerprint density at radius 2 is 2.00 bits per heavy atom. The van der Waals surface area contributed by atoms with E-state index in [1.807, 2.05) is 42.5 Å². The van der Waals surface area contributed by atoms with E-state index in [2.05, 4.69) is 50.9 Å². The number of benzene rings is 2. The van der Waals surface area contributed by atoms with Crippen molar-refractivity contribution >= 4 is 23.5 Å². The number of aromatic nitrogens is 2. The van der Waals surface area contributed by atoms with E-state index in [-0.39, 0.29) is 12.0 Å². The Morgan fingerprint density at radius 3 is 2.79 bits per heavy atom. The molecule has 1 amide bonds. The second kappa shape index (κ2) is 12.0. The SMILES string of the molecule is CNCCC(OCc1cccc(CN2CCNc3nc(SC)ncc3C2=O)c1)c1ccccc1. The van der Waals surface area contributed by atoms with Crippen LogP contribution in [0.15, 0.2) is 66.0 Å². The molecule has 4 rings (SSSR count). The van der Waals surface area contributed by atoms with E-state index in [1.54, 1.807) is 6.20 Å². The van der Waals surface area contributed by atoms with Crippen molar-refractivity contribution in [1.29, 1.82) is 0 Å². The van der Waals surface area contributed by atoms with E-state index < -0.39 is 0 Å². The number of carbonyl (C=O) groups excluding carboxylic acids is 1. The van der Waals surface area contributed by atoms with Crippen LogP contribution < -0.4 is 10.6 Å². The van der Waals surface area contributed by atoms with Gasteiger partial charge < -0.3 is 20.3 Å². The normalized spacial score (nSPS) is 14.3. The molecule has 7 nitrogen and oxygen atoms in total. The molecule has 2 heterocycles. The Morgan fingerprint density at radius 1 is 1.18 bits per heavy atom. The zero-order chi connectivity index (χ0) is 23.8. The Labute approximate surface area is 205 Å². The summed E-state index contributed by atoms with van der Waals surface area (Å²) in [5, 5.41) is 7.14. The van der Waals surface area contributed by atoms with E-state index in [1.165, 1.54) is 17.3 Å². The fourth-order valence-corrected chi connectivity index (χ4v) is 4.35. The number of ether oxygens (including phenoxy) is 1. The maximum atomic E-state index is 13.2. The maximum absolute atomic E-state index is 13.2. The van der Waals surface area contributed by atoms with Gasteiger partial charge in [0.15, 0.2) is 5.16 Å². The van der Waals surface area contributed by atoms with Gasteiger partial charge >= 0.3 is 0 Å². The summed E-state index contributed by atoms with van der Waals surface area (Å²) >= 11 is 1.46. The number of thioether (sulfide) groups is 1. The van der Waals surface area contributed by atoms with Crippen molar-refractivity contribution in [3.05, 3.63) is 83.0 Å². The van der Waals surface area contributed by atoms with Crippen molar-refractivity contribution in [2.24, 2.45) is 0 Å². The molecule has 1 unspecified atom stereocenters. The zero-order valence-corrected chi connectivity index (χ0v) is 20.5. The molecule has 0 saturated heterocycles. The summed E-state index contributed by atoms with van der Waals surface area (Å²) in [6.45, 7) is 3.18. The first-order valence-electron chi connectivity index (χ1n) is 11.5. The lowest BCUT2D eigenvalue weighted by Crippen LogP contribution is -2.32. The average Bonchev–Trinajstić information content (AvgIpc) is 3.03. The molecule has 1 aliphatic heterocycles. The first-order valence-corrected chi connectivity index (χ1v) is 12.7. The molecule has 1 aromatic heterocycles. The van der Waals surface area contributed by atoms with E-state index in [9.17, 15) is 4.79 Å². The highest BCUT2D eigenvalue weighted by Gasteiger charge is 2.24. The van der Waals surface area contributed by atoms with Gasteiger partial charge in [-0.15, -0.1) is 0 Å². The molecule has 0 bridgehead atoms. The Balaban J connectivity index is 1.43. The first-order chi connectivity index (χ1) is 16.7. The number of fused-ring (bicyclic) bond motifs is 1. The van der Waals surface area contributed by atoms with E-state index in [0.717, 1.165) is 24.1 Å². The van der Waals surface area contributed by atoms with Crippen LogP contribution in [0.5, 0.6) is 0 Å². The number of carbonyl (C=O) groups is 1. The summed E-state index contributed by atoms with van der Waals surface area (Å²) in [5.74, 6) is 0.563. The van der Waals surface area contributed by atoms with Crippen LogP contribution in [0.1, 0.15) is 39.6 Å². The predicted molar refractivity (Wildman–Crippen MR) is 136 cm³/mol. The average molecular weight is 478 g/mol. The topological polar surface area (TPSA) is 79.4 Å². The fourth-order valence-electron chi connectivity index (χ4n) is 4.01. The molecule has 3 aromatic rings. The van der Waals surface area contributed by atoms with Gasteiger partial charge in [-0.25, -0.2) is 9.97 Å². The van der Waals surface area contributed by atoms with Gasteiger partial charge in [0.2, 0.25) is 0 Å². The van der Waals surface area contributed by atoms with Gasteiger partial charge in [0.1, 0.15) is 11.4 Å². The van der Waals surface area contributed by atoms with Gasteiger partial charge in [-0.3, -0.25) is 4.79 Å². The molecule has 0 fully saturated rings. The molecule has 2 aromatic carbocycles. The molecule has 0 saturated carbocycles. The fraction of sp³-hybridized carbons (Fsp3) is 0.346. The molecule has 2 N–H and O–H groups in total. The highest BCUT2D eigenvalue weighted by molar-refractivity contribution is 7.98. The standard InChI is InChI=1S/C26H31N5O2S/c1-27-12-11-23(21-9-4-3-5-10-21)33-18-20-8-6-7-19(15-20)17-31-14-13-28-24-22(25(31)32)16-29-26(30-24)34-2/h3-10,15-16,23,27H,11-14,17-18H2,1-2H3,(H,28,29,30). The van der Waals surface area contributed by atoms with Gasteiger partial charge in [0.05, 0.1) is 12.7 Å². The third-order valence-corrected chi connectivity index (χ3v) is 6.35. The Kier molecular flexibility index (Phi) is 8.51. The van der Waals surface area contributed by atoms with Crippen LogP contribution in [0, 0.1) is 0 Å². The number of nitrogens with zero attached hydrogens (tertiary/aromatic N) is 3. The first kappa shape index (κ1) is 24.2. The summed E-state index contributed by atoms with van der Waals surface area (Å²) < 4.78 is 6.32. The van der Waals surface area contributed by atoms with Crippen molar-refractivity contribution < 1.29 is 9.53 Å². The van der Waals surface area contributed by atoms with Crippen molar-refractivity contribution in [2.75, 3.05) is 38.3 Å². The molecule has 34 heavy (non-hydrogen) atoms. The van der Waals surface area contributed by atoms with Crippen molar-refractivity contribution in [3.8, 4) is 0 Å². The zero-order valence-electron chi connectivity index (χ0n) is 19.7. The molecule has 0 aliphatic carbocycles. The molecule has 0 radical (unpaired) electrons. The smallest absolute Gasteiger partial charge is 0.259 e. The van der Waals surface area contributed by atoms with Crippen molar-refractivity contribution in [3.63, 3.8) is 0 Å². The molecule has 1 atom stereocenters. The second-order valence-electron chi connectivity index (χ2n) is 8.19. The molecule has 8 heteroatoms. The van der Waals surface area contributed by atoms with Crippen LogP contribution >= 0.6 is 11.8 Å². The number of hydrogen-bond acceptors (Lipinski definition) is 7. The third kappa shape index (κ3) is 6.14. The van der Waals surface area contributed by atoms with Crippen LogP contribution in [0.25, 0.3) is 0 Å². The van der Waals surface area contributed by atoms with Gasteiger partial charge in [-0.05, 0) is 43.0 Å². The predicted octanol–water partition coefficient (Wildman–Crippen LogP) is 4.13. The minimum atomic E-state index is -0.0505. The highest BCUT2D eigenvalue weighted by atomic mass is 32.2. The lowest BCUT2D eigenvalue weighted by Gasteiger charge is -2.21. The molecule has 1 aliphatic rings. The lowest BCUT2D eigenvalue weighted by atomic mass is 10.1. The quantitative estimate of drug-likeness (QED) is 0.336. The largest absolute Gasteiger partial charge is 0.369 e. The van der Waals surface area contributed by atoms with Crippen molar-refractivity contribution in [1.82, 2.24) is 20.2 Å². The summed E-state index contributed by atoms with van der Waals surface area (Å²) in [6, 6.07) is 18.6. The maximum Gasteiger partial charge on any atom is 0.259 e. The Bertz CT molecular complexity index is 1100. The summed E-state index contributed by atoms with van der Waals surface area (Å²) in [5.41, 5.74) is 3.87. The molecule has 0 spiro atoms. The van der Waals surface area contributed by atoms with Crippen LogP contribution in [0.2, 0.25) is 0 Å². The van der Waals surface area contributed by atoms with E-state index >= 15 is 0 Å².